The third-order valence-electron chi connectivity index (χ3n) is 4.52. The number of carbonyl (C=O) groups excluding carboxylic acids is 2. The van der Waals surface area contributed by atoms with Crippen molar-refractivity contribution >= 4 is 17.6 Å². The van der Waals surface area contributed by atoms with Gasteiger partial charge in [0.25, 0.3) is 5.91 Å². The summed E-state index contributed by atoms with van der Waals surface area (Å²) >= 11 is 0. The second-order valence-electron chi connectivity index (χ2n) is 6.77. The number of hydrogen-bond acceptors (Lipinski definition) is 6. The Morgan fingerprint density at radius 2 is 1.86 bits per heavy atom. The molecule has 0 spiro atoms. The van der Waals surface area contributed by atoms with Crippen molar-refractivity contribution in [2.24, 2.45) is 0 Å². The molecule has 162 valence electrons. The number of nitrogens with one attached hydrogen (secondary N) is 1. The maximum atomic E-state index is 13.0. The number of halogens is 3. The van der Waals surface area contributed by atoms with Crippen LogP contribution in [0, 0.1) is 0 Å². The van der Waals surface area contributed by atoms with Gasteiger partial charge in [0.2, 0.25) is 0 Å². The van der Waals surface area contributed by atoms with Crippen LogP contribution in [0.25, 0.3) is 0 Å². The number of carbonyl (C=O) groups is 2. The van der Waals surface area contributed by atoms with E-state index in [0.29, 0.717) is 12.8 Å². The second-order valence-corrected chi connectivity index (χ2v) is 6.77. The van der Waals surface area contributed by atoms with Gasteiger partial charge in [0.1, 0.15) is 12.4 Å². The van der Waals surface area contributed by atoms with Gasteiger partial charge in [0.15, 0.2) is 12.2 Å². The first-order valence-electron chi connectivity index (χ1n) is 9.18. The minimum atomic E-state index is -4.61. The predicted molar refractivity (Wildman–Crippen MR) is 96.4 cm³/mol. The molecule has 0 aliphatic heterocycles. The van der Waals surface area contributed by atoms with Crippen molar-refractivity contribution < 1.29 is 42.1 Å². The summed E-state index contributed by atoms with van der Waals surface area (Å²) in [7, 11) is 1.44. The van der Waals surface area contributed by atoms with Crippen LogP contribution in [0.3, 0.4) is 0 Å². The summed E-state index contributed by atoms with van der Waals surface area (Å²) in [6.07, 6.45) is -1.87. The van der Waals surface area contributed by atoms with Crippen molar-refractivity contribution in [2.45, 2.75) is 43.9 Å². The molecule has 1 amide bonds. The molecular weight excluding hydrogens is 395 g/mol. The fourth-order valence-electron chi connectivity index (χ4n) is 2.96. The van der Waals surface area contributed by atoms with Crippen LogP contribution >= 0.6 is 0 Å². The van der Waals surface area contributed by atoms with Gasteiger partial charge in [-0.15, -0.1) is 0 Å². The first-order valence-corrected chi connectivity index (χ1v) is 9.18. The Morgan fingerprint density at radius 1 is 1.17 bits per heavy atom. The molecule has 1 aliphatic rings. The van der Waals surface area contributed by atoms with Crippen LogP contribution in [0.4, 0.5) is 18.9 Å². The Kier molecular flexibility index (Phi) is 7.86. The molecule has 0 bridgehead atoms. The molecule has 0 aromatic heterocycles. The minimum Gasteiger partial charge on any atom is -0.489 e. The molecule has 10 heteroatoms. The predicted octanol–water partition coefficient (Wildman–Crippen LogP) is 2.91. The van der Waals surface area contributed by atoms with Crippen molar-refractivity contribution in [1.29, 1.82) is 0 Å². The number of methoxy groups -OCH3 is 1. The molecular formula is C19H24F3NO6. The Morgan fingerprint density at radius 3 is 2.48 bits per heavy atom. The van der Waals surface area contributed by atoms with Crippen LogP contribution in [-0.4, -0.2) is 49.5 Å². The first kappa shape index (κ1) is 23.0. The number of aliphatic hydroxyl groups is 1. The van der Waals surface area contributed by atoms with E-state index in [4.69, 9.17) is 14.2 Å². The molecule has 2 rings (SSSR count). The molecule has 0 unspecified atom stereocenters. The summed E-state index contributed by atoms with van der Waals surface area (Å²) in [5, 5.41) is 12.5. The van der Waals surface area contributed by atoms with Crippen molar-refractivity contribution in [3.8, 4) is 5.75 Å². The van der Waals surface area contributed by atoms with Crippen LogP contribution in [0.2, 0.25) is 0 Å². The highest BCUT2D eigenvalue weighted by Gasteiger charge is 2.39. The highest BCUT2D eigenvalue weighted by Crippen LogP contribution is 2.35. The average Bonchev–Trinajstić information content (AvgIpc) is 2.67. The van der Waals surface area contributed by atoms with Gasteiger partial charge in [-0.3, -0.25) is 4.79 Å². The smallest absolute Gasteiger partial charge is 0.416 e. The summed E-state index contributed by atoms with van der Waals surface area (Å²) < 4.78 is 53.9. The maximum Gasteiger partial charge on any atom is 0.416 e. The molecule has 29 heavy (non-hydrogen) atoms. The molecule has 1 aromatic carbocycles. The van der Waals surface area contributed by atoms with Crippen molar-refractivity contribution in [3.05, 3.63) is 23.8 Å². The number of anilines is 1. The molecule has 0 heterocycles. The quantitative estimate of drug-likeness (QED) is 0.497. The van der Waals surface area contributed by atoms with E-state index in [0.717, 1.165) is 24.6 Å². The lowest BCUT2D eigenvalue weighted by atomic mass is 9.85. The first-order chi connectivity index (χ1) is 13.7. The van der Waals surface area contributed by atoms with E-state index in [-0.39, 0.29) is 37.5 Å². The lowest BCUT2D eigenvalue weighted by Crippen LogP contribution is -2.42. The van der Waals surface area contributed by atoms with Crippen LogP contribution in [0.15, 0.2) is 18.2 Å². The van der Waals surface area contributed by atoms with Gasteiger partial charge in [-0.2, -0.15) is 13.2 Å². The standard InChI is InChI=1S/C19H24F3NO6/c1-27-9-10-28-15-6-5-13(19(20,21)22)11-14(15)23-16(24)12-29-17(25)18(26)7-3-2-4-8-18/h5-6,11,26H,2-4,7-10,12H2,1H3,(H,23,24). The summed E-state index contributed by atoms with van der Waals surface area (Å²) in [6, 6.07) is 2.65. The van der Waals surface area contributed by atoms with Gasteiger partial charge in [-0.25, -0.2) is 4.79 Å². The Balaban J connectivity index is 2.03. The number of amides is 1. The molecule has 1 saturated carbocycles. The van der Waals surface area contributed by atoms with E-state index >= 15 is 0 Å². The topological polar surface area (TPSA) is 94.1 Å². The van der Waals surface area contributed by atoms with Crippen molar-refractivity contribution in [2.75, 3.05) is 32.2 Å². The zero-order valence-corrected chi connectivity index (χ0v) is 16.0. The summed E-state index contributed by atoms with van der Waals surface area (Å²) in [6.45, 7) is -0.480. The van der Waals surface area contributed by atoms with Gasteiger partial charge in [0, 0.05) is 7.11 Å². The zero-order chi connectivity index (χ0) is 21.5. The third-order valence-corrected chi connectivity index (χ3v) is 4.52. The normalized spacial score (nSPS) is 16.2. The number of hydrogen-bond donors (Lipinski definition) is 2. The Labute approximate surface area is 166 Å². The number of alkyl halides is 3. The Bertz CT molecular complexity index is 716. The van der Waals surface area contributed by atoms with Crippen LogP contribution in [-0.2, 0) is 25.2 Å². The lowest BCUT2D eigenvalue weighted by molar-refractivity contribution is -0.170. The molecule has 0 saturated heterocycles. The van der Waals surface area contributed by atoms with E-state index in [1.165, 1.54) is 7.11 Å². The van der Waals surface area contributed by atoms with Gasteiger partial charge < -0.3 is 24.6 Å². The zero-order valence-electron chi connectivity index (χ0n) is 16.0. The molecule has 1 aliphatic carbocycles. The summed E-state index contributed by atoms with van der Waals surface area (Å²) in [5.74, 6) is -1.75. The van der Waals surface area contributed by atoms with Crippen LogP contribution < -0.4 is 10.1 Å². The van der Waals surface area contributed by atoms with Gasteiger partial charge in [-0.05, 0) is 43.9 Å². The van der Waals surface area contributed by atoms with Gasteiger partial charge in [0.05, 0.1) is 17.9 Å². The summed E-state index contributed by atoms with van der Waals surface area (Å²) in [5.41, 5.74) is -2.81. The molecule has 1 fully saturated rings. The van der Waals surface area contributed by atoms with Gasteiger partial charge >= 0.3 is 12.1 Å². The highest BCUT2D eigenvalue weighted by molar-refractivity contribution is 5.94. The number of esters is 1. The lowest BCUT2D eigenvalue weighted by Gasteiger charge is -2.29. The Hall–Kier alpha value is -2.33. The maximum absolute atomic E-state index is 13.0. The third kappa shape index (κ3) is 6.60. The molecule has 2 N–H and O–H groups in total. The van der Waals surface area contributed by atoms with E-state index in [9.17, 15) is 27.9 Å². The molecule has 1 aromatic rings. The fourth-order valence-corrected chi connectivity index (χ4v) is 2.96. The van der Waals surface area contributed by atoms with E-state index < -0.39 is 35.8 Å². The minimum absolute atomic E-state index is 0.0145. The molecule has 0 atom stereocenters. The van der Waals surface area contributed by atoms with Crippen LogP contribution in [0.5, 0.6) is 5.75 Å². The second kappa shape index (κ2) is 9.93. The molecule has 0 radical (unpaired) electrons. The fraction of sp³-hybridized carbons (Fsp3) is 0.579. The van der Waals surface area contributed by atoms with Crippen molar-refractivity contribution in [1.82, 2.24) is 0 Å². The monoisotopic (exact) mass is 419 g/mol. The van der Waals surface area contributed by atoms with E-state index in [2.05, 4.69) is 5.32 Å². The largest absolute Gasteiger partial charge is 0.489 e. The number of benzene rings is 1. The average molecular weight is 419 g/mol. The van der Waals surface area contributed by atoms with E-state index in [1.54, 1.807) is 0 Å². The molecule has 7 nitrogen and oxygen atoms in total. The van der Waals surface area contributed by atoms with Crippen LogP contribution in [0.1, 0.15) is 37.7 Å². The SMILES string of the molecule is COCCOc1ccc(C(F)(F)F)cc1NC(=O)COC(=O)C1(O)CCCCC1. The van der Waals surface area contributed by atoms with E-state index in [1.807, 2.05) is 0 Å². The van der Waals surface area contributed by atoms with Crippen molar-refractivity contribution in [3.63, 3.8) is 0 Å². The highest BCUT2D eigenvalue weighted by atomic mass is 19.4. The number of ether oxygens (including phenoxy) is 3. The van der Waals surface area contributed by atoms with Gasteiger partial charge in [-0.1, -0.05) is 6.42 Å². The summed E-state index contributed by atoms with van der Waals surface area (Å²) in [4.78, 5) is 24.2. The number of rotatable bonds is 8.